The minimum absolute atomic E-state index is 0.467. The molecule has 1 heterocycles. The molecular formula is C14H15N3O. The van der Waals surface area contributed by atoms with E-state index in [0.29, 0.717) is 17.9 Å². The first-order chi connectivity index (χ1) is 8.83. The molecule has 0 radical (unpaired) electrons. The minimum Gasteiger partial charge on any atom is -0.487 e. The van der Waals surface area contributed by atoms with Gasteiger partial charge in [-0.05, 0) is 24.6 Å². The lowest BCUT2D eigenvalue weighted by molar-refractivity contribution is 0.294. The topological polar surface area (TPSA) is 50.8 Å². The summed E-state index contributed by atoms with van der Waals surface area (Å²) in [6, 6.07) is 9.25. The maximum atomic E-state index is 8.81. The molecule has 0 aliphatic heterocycles. The lowest BCUT2D eigenvalue weighted by Gasteiger charge is -2.08. The van der Waals surface area contributed by atoms with E-state index >= 15 is 0 Å². The van der Waals surface area contributed by atoms with Gasteiger partial charge in [-0.2, -0.15) is 5.26 Å². The van der Waals surface area contributed by atoms with Crippen LogP contribution in [0.1, 0.15) is 24.6 Å². The Bertz CT molecular complexity index is 554. The molecule has 0 aliphatic rings. The first kappa shape index (κ1) is 12.2. The van der Waals surface area contributed by atoms with Crippen molar-refractivity contribution in [2.75, 3.05) is 0 Å². The Balaban J connectivity index is 2.02. The van der Waals surface area contributed by atoms with Crippen LogP contribution in [0.5, 0.6) is 5.75 Å². The van der Waals surface area contributed by atoms with Gasteiger partial charge in [0.15, 0.2) is 0 Å². The Labute approximate surface area is 106 Å². The molecule has 0 bridgehead atoms. The number of hydrogen-bond donors (Lipinski definition) is 0. The number of aromatic nitrogens is 2. The van der Waals surface area contributed by atoms with Crippen LogP contribution in [-0.4, -0.2) is 9.55 Å². The van der Waals surface area contributed by atoms with Gasteiger partial charge >= 0.3 is 0 Å². The summed E-state index contributed by atoms with van der Waals surface area (Å²) in [4.78, 5) is 4.12. The second kappa shape index (κ2) is 5.87. The van der Waals surface area contributed by atoms with E-state index in [1.54, 1.807) is 12.1 Å². The zero-order valence-corrected chi connectivity index (χ0v) is 10.3. The number of imidazole rings is 1. The van der Waals surface area contributed by atoms with E-state index in [1.165, 1.54) is 0 Å². The van der Waals surface area contributed by atoms with Crippen molar-refractivity contribution in [3.8, 4) is 11.8 Å². The average molecular weight is 241 g/mol. The van der Waals surface area contributed by atoms with E-state index in [4.69, 9.17) is 10.00 Å². The van der Waals surface area contributed by atoms with Gasteiger partial charge in [0.2, 0.25) is 0 Å². The monoisotopic (exact) mass is 241 g/mol. The normalized spacial score (nSPS) is 10.0. The smallest absolute Gasteiger partial charge is 0.130 e. The van der Waals surface area contributed by atoms with Crippen molar-refractivity contribution >= 4 is 0 Å². The van der Waals surface area contributed by atoms with Gasteiger partial charge in [-0.3, -0.25) is 0 Å². The largest absolute Gasteiger partial charge is 0.487 e. The number of rotatable bonds is 5. The highest BCUT2D eigenvalue weighted by Crippen LogP contribution is 2.14. The Morgan fingerprint density at radius 3 is 3.11 bits per heavy atom. The third kappa shape index (κ3) is 2.89. The highest BCUT2D eigenvalue weighted by molar-refractivity contribution is 5.36. The summed E-state index contributed by atoms with van der Waals surface area (Å²) in [5.41, 5.74) is 1.65. The summed E-state index contributed by atoms with van der Waals surface area (Å²) < 4.78 is 7.75. The van der Waals surface area contributed by atoms with Crippen molar-refractivity contribution < 1.29 is 4.74 Å². The van der Waals surface area contributed by atoms with Crippen molar-refractivity contribution in [3.63, 3.8) is 0 Å². The van der Waals surface area contributed by atoms with Crippen molar-refractivity contribution in [2.24, 2.45) is 0 Å². The Hall–Kier alpha value is -2.28. The molecule has 0 unspecified atom stereocenters. The third-order valence-corrected chi connectivity index (χ3v) is 2.61. The summed E-state index contributed by atoms with van der Waals surface area (Å²) in [6.45, 7) is 3.53. The number of aryl methyl sites for hydroxylation is 1. The van der Waals surface area contributed by atoms with Gasteiger partial charge in [-0.25, -0.2) is 4.98 Å². The van der Waals surface area contributed by atoms with E-state index in [-0.39, 0.29) is 0 Å². The molecule has 4 nitrogen and oxygen atoms in total. The van der Waals surface area contributed by atoms with Crippen LogP contribution in [0.3, 0.4) is 0 Å². The van der Waals surface area contributed by atoms with E-state index < -0.39 is 0 Å². The Kier molecular flexibility index (Phi) is 3.98. The first-order valence-corrected chi connectivity index (χ1v) is 5.95. The molecular weight excluding hydrogens is 226 g/mol. The van der Waals surface area contributed by atoms with Crippen LogP contribution >= 0.6 is 0 Å². The summed E-state index contributed by atoms with van der Waals surface area (Å²) in [5.74, 6) is 0.707. The molecule has 0 amide bonds. The van der Waals surface area contributed by atoms with Crippen molar-refractivity contribution in [3.05, 3.63) is 48.0 Å². The summed E-state index contributed by atoms with van der Waals surface area (Å²) in [5, 5.41) is 8.81. The van der Waals surface area contributed by atoms with E-state index in [0.717, 1.165) is 18.7 Å². The van der Waals surface area contributed by atoms with Crippen LogP contribution in [0, 0.1) is 11.3 Å². The maximum absolute atomic E-state index is 8.81. The molecule has 0 saturated carbocycles. The predicted molar refractivity (Wildman–Crippen MR) is 68.0 cm³/mol. The number of ether oxygens (including phenoxy) is 1. The van der Waals surface area contributed by atoms with Crippen molar-refractivity contribution in [1.29, 1.82) is 5.26 Å². The number of nitrogens with zero attached hydrogens (tertiary/aromatic N) is 3. The van der Waals surface area contributed by atoms with Gasteiger partial charge < -0.3 is 9.30 Å². The second-order valence-electron chi connectivity index (χ2n) is 4.01. The fraction of sp³-hybridized carbons (Fsp3) is 0.286. The van der Waals surface area contributed by atoms with E-state index in [1.807, 2.05) is 24.7 Å². The van der Waals surface area contributed by atoms with E-state index in [9.17, 15) is 0 Å². The molecule has 92 valence electrons. The SMILES string of the molecule is CCCn1cncc1COc1cccc(C#N)c1. The lowest BCUT2D eigenvalue weighted by atomic mass is 10.2. The van der Waals surface area contributed by atoms with Gasteiger partial charge in [-0.15, -0.1) is 0 Å². The molecule has 1 aromatic carbocycles. The number of benzene rings is 1. The highest BCUT2D eigenvalue weighted by atomic mass is 16.5. The zero-order chi connectivity index (χ0) is 12.8. The molecule has 0 fully saturated rings. The van der Waals surface area contributed by atoms with Gasteiger partial charge in [0.25, 0.3) is 0 Å². The summed E-state index contributed by atoms with van der Waals surface area (Å²) >= 11 is 0. The van der Waals surface area contributed by atoms with Crippen LogP contribution in [0.4, 0.5) is 0 Å². The Morgan fingerprint density at radius 1 is 1.44 bits per heavy atom. The zero-order valence-electron chi connectivity index (χ0n) is 10.3. The highest BCUT2D eigenvalue weighted by Gasteiger charge is 2.03. The van der Waals surface area contributed by atoms with Gasteiger partial charge in [0.1, 0.15) is 12.4 Å². The van der Waals surface area contributed by atoms with E-state index in [2.05, 4.69) is 22.5 Å². The molecule has 1 aromatic heterocycles. The molecule has 2 rings (SSSR count). The molecule has 0 aliphatic carbocycles. The summed E-state index contributed by atoms with van der Waals surface area (Å²) in [6.07, 6.45) is 4.69. The van der Waals surface area contributed by atoms with Crippen molar-refractivity contribution in [2.45, 2.75) is 26.5 Å². The average Bonchev–Trinajstić information content (AvgIpc) is 2.85. The minimum atomic E-state index is 0.467. The molecule has 2 aromatic rings. The first-order valence-electron chi connectivity index (χ1n) is 5.95. The predicted octanol–water partition coefficient (Wildman–Crippen LogP) is 2.74. The number of nitriles is 1. The second-order valence-corrected chi connectivity index (χ2v) is 4.01. The van der Waals surface area contributed by atoms with Crippen LogP contribution in [0.2, 0.25) is 0 Å². The van der Waals surface area contributed by atoms with Crippen LogP contribution in [0.25, 0.3) is 0 Å². The molecule has 0 atom stereocenters. The molecule has 0 spiro atoms. The third-order valence-electron chi connectivity index (χ3n) is 2.61. The fourth-order valence-electron chi connectivity index (χ4n) is 1.72. The fourth-order valence-corrected chi connectivity index (χ4v) is 1.72. The van der Waals surface area contributed by atoms with Gasteiger partial charge in [-0.1, -0.05) is 13.0 Å². The lowest BCUT2D eigenvalue weighted by Crippen LogP contribution is -2.04. The molecule has 0 saturated heterocycles. The molecule has 0 N–H and O–H groups in total. The van der Waals surface area contributed by atoms with Crippen LogP contribution in [-0.2, 0) is 13.2 Å². The molecule has 4 heteroatoms. The van der Waals surface area contributed by atoms with Crippen LogP contribution < -0.4 is 4.74 Å². The molecule has 18 heavy (non-hydrogen) atoms. The van der Waals surface area contributed by atoms with Gasteiger partial charge in [0, 0.05) is 6.54 Å². The van der Waals surface area contributed by atoms with Crippen LogP contribution in [0.15, 0.2) is 36.8 Å². The standard InChI is InChI=1S/C14H15N3O/c1-2-6-17-11-16-9-13(17)10-18-14-5-3-4-12(7-14)8-15/h3-5,7,9,11H,2,6,10H2,1H3. The maximum Gasteiger partial charge on any atom is 0.130 e. The Morgan fingerprint density at radius 2 is 2.33 bits per heavy atom. The quantitative estimate of drug-likeness (QED) is 0.808. The number of hydrogen-bond acceptors (Lipinski definition) is 3. The van der Waals surface area contributed by atoms with Crippen molar-refractivity contribution in [1.82, 2.24) is 9.55 Å². The van der Waals surface area contributed by atoms with Gasteiger partial charge in [0.05, 0.1) is 29.9 Å². The summed E-state index contributed by atoms with van der Waals surface area (Å²) in [7, 11) is 0.